The van der Waals surface area contributed by atoms with Gasteiger partial charge in [0.1, 0.15) is 0 Å². The second kappa shape index (κ2) is 2.88. The zero-order valence-corrected chi connectivity index (χ0v) is 11.1. The quantitative estimate of drug-likeness (QED) is 0.549. The van der Waals surface area contributed by atoms with Crippen LogP contribution in [0.1, 0.15) is 54.4 Å². The first-order valence-corrected chi connectivity index (χ1v) is 6.17. The molecule has 0 saturated carbocycles. The van der Waals surface area contributed by atoms with Crippen molar-refractivity contribution in [2.75, 3.05) is 0 Å². The topological polar surface area (TPSA) is 3.24 Å². The summed E-state index contributed by atoms with van der Waals surface area (Å²) in [5, 5.41) is 0. The van der Waals surface area contributed by atoms with E-state index in [9.17, 15) is 0 Å². The summed E-state index contributed by atoms with van der Waals surface area (Å²) in [4.78, 5) is 2.74. The molecule has 2 rings (SSSR count). The molecule has 2 unspecified atom stereocenters. The number of nitrogens with zero attached hydrogens (tertiary/aromatic N) is 1. The van der Waals surface area contributed by atoms with E-state index in [0.29, 0.717) is 17.0 Å². The van der Waals surface area contributed by atoms with E-state index >= 15 is 0 Å². The zero-order chi connectivity index (χ0) is 11.5. The highest BCUT2D eigenvalue weighted by molar-refractivity contribution is 5.29. The predicted molar refractivity (Wildman–Crippen MR) is 65.9 cm³/mol. The second-order valence-electron chi connectivity index (χ2n) is 7.18. The van der Waals surface area contributed by atoms with Crippen LogP contribution in [0.25, 0.3) is 0 Å². The molecule has 0 radical (unpaired) electrons. The first-order chi connectivity index (χ1) is 6.68. The summed E-state index contributed by atoms with van der Waals surface area (Å²) in [5.74, 6) is 0. The van der Waals surface area contributed by atoms with Crippen LogP contribution in [0.2, 0.25) is 0 Å². The number of rotatable bonds is 0. The minimum Gasteiger partial charge on any atom is -0.282 e. The molecule has 2 aliphatic heterocycles. The molecular weight excluding hydrogens is 182 g/mol. The minimum atomic E-state index is 0.276. The molecule has 0 aromatic heterocycles. The monoisotopic (exact) mass is 207 g/mol. The number of hydrogen-bond donors (Lipinski definition) is 0. The van der Waals surface area contributed by atoms with Crippen LogP contribution in [-0.2, 0) is 0 Å². The van der Waals surface area contributed by atoms with Gasteiger partial charge in [0, 0.05) is 17.1 Å². The first kappa shape index (κ1) is 11.2. The van der Waals surface area contributed by atoms with Gasteiger partial charge in [-0.05, 0) is 39.0 Å². The molecule has 2 aliphatic rings. The molecule has 0 spiro atoms. The number of hydrogen-bond acceptors (Lipinski definition) is 1. The van der Waals surface area contributed by atoms with Crippen molar-refractivity contribution in [3.05, 3.63) is 12.2 Å². The van der Waals surface area contributed by atoms with Gasteiger partial charge in [0.15, 0.2) is 0 Å². The van der Waals surface area contributed by atoms with Gasteiger partial charge >= 0.3 is 0 Å². The summed E-state index contributed by atoms with van der Waals surface area (Å²) in [6.45, 7) is 14.2. The van der Waals surface area contributed by atoms with Crippen LogP contribution in [0.15, 0.2) is 12.2 Å². The lowest BCUT2D eigenvalue weighted by atomic mass is 9.70. The van der Waals surface area contributed by atoms with Crippen molar-refractivity contribution in [2.45, 2.75) is 71.5 Å². The molecule has 86 valence electrons. The number of fused-ring (bicyclic) bond motifs is 2. The maximum absolute atomic E-state index is 2.74. The van der Waals surface area contributed by atoms with E-state index in [1.807, 2.05) is 0 Å². The fourth-order valence-corrected chi connectivity index (χ4v) is 3.61. The van der Waals surface area contributed by atoms with Gasteiger partial charge in [0.05, 0.1) is 0 Å². The van der Waals surface area contributed by atoms with Gasteiger partial charge in [0.25, 0.3) is 0 Å². The fraction of sp³-hybridized carbons (Fsp3) is 0.857. The molecule has 0 N–H and O–H groups in total. The Kier molecular flexibility index (Phi) is 2.15. The Morgan fingerprint density at radius 1 is 1.13 bits per heavy atom. The average Bonchev–Trinajstić information content (AvgIpc) is 2.55. The molecule has 0 aliphatic carbocycles. The first-order valence-electron chi connectivity index (χ1n) is 6.17. The summed E-state index contributed by atoms with van der Waals surface area (Å²) < 4.78 is 0. The summed E-state index contributed by atoms with van der Waals surface area (Å²) in [6, 6.07) is 0.684. The van der Waals surface area contributed by atoms with Crippen molar-refractivity contribution in [1.29, 1.82) is 0 Å². The van der Waals surface area contributed by atoms with Gasteiger partial charge in [0.2, 0.25) is 0 Å². The van der Waals surface area contributed by atoms with E-state index in [0.717, 1.165) is 0 Å². The van der Waals surface area contributed by atoms with Crippen LogP contribution in [-0.4, -0.2) is 22.0 Å². The third-order valence-electron chi connectivity index (χ3n) is 4.20. The molecule has 1 nitrogen and oxygen atoms in total. The standard InChI is InChI=1S/C14H25N/c1-12(2,3)14-9-7-11(8-10-14)15(14)13(4,5)6/h7,9,11H,8,10H2,1-6H3. The molecule has 0 aromatic carbocycles. The Labute approximate surface area is 94.5 Å². The molecule has 2 bridgehead atoms. The minimum absolute atomic E-state index is 0.276. The van der Waals surface area contributed by atoms with Gasteiger partial charge in [-0.3, -0.25) is 4.90 Å². The Morgan fingerprint density at radius 2 is 1.73 bits per heavy atom. The summed E-state index contributed by atoms with van der Waals surface area (Å²) in [7, 11) is 0. The predicted octanol–water partition coefficient (Wildman–Crippen LogP) is 3.60. The van der Waals surface area contributed by atoms with Crippen molar-refractivity contribution < 1.29 is 0 Å². The smallest absolute Gasteiger partial charge is 0.0451 e. The van der Waals surface area contributed by atoms with Crippen LogP contribution in [0.3, 0.4) is 0 Å². The maximum Gasteiger partial charge on any atom is 0.0451 e. The molecule has 2 heterocycles. The Bertz CT molecular complexity index is 289. The molecule has 1 fully saturated rings. The third-order valence-corrected chi connectivity index (χ3v) is 4.20. The van der Waals surface area contributed by atoms with Gasteiger partial charge < -0.3 is 0 Å². The lowest BCUT2D eigenvalue weighted by Crippen LogP contribution is -2.58. The molecule has 0 aromatic rings. The average molecular weight is 207 g/mol. The molecule has 15 heavy (non-hydrogen) atoms. The highest BCUT2D eigenvalue weighted by Gasteiger charge is 2.57. The van der Waals surface area contributed by atoms with E-state index < -0.39 is 0 Å². The SMILES string of the molecule is CC(C)(C)N1C2C=CC1(C(C)(C)C)CC2. The Morgan fingerprint density at radius 3 is 2.00 bits per heavy atom. The van der Waals surface area contributed by atoms with E-state index in [2.05, 4.69) is 58.6 Å². The zero-order valence-electron chi connectivity index (χ0n) is 11.1. The van der Waals surface area contributed by atoms with E-state index in [4.69, 9.17) is 0 Å². The second-order valence-corrected chi connectivity index (χ2v) is 7.18. The van der Waals surface area contributed by atoms with Crippen molar-refractivity contribution >= 4 is 0 Å². The van der Waals surface area contributed by atoms with Crippen molar-refractivity contribution in [1.82, 2.24) is 4.90 Å². The van der Waals surface area contributed by atoms with E-state index in [1.54, 1.807) is 0 Å². The van der Waals surface area contributed by atoms with Crippen LogP contribution in [0.4, 0.5) is 0 Å². The fourth-order valence-electron chi connectivity index (χ4n) is 3.61. The van der Waals surface area contributed by atoms with Crippen molar-refractivity contribution in [2.24, 2.45) is 5.41 Å². The highest BCUT2D eigenvalue weighted by Crippen LogP contribution is 2.54. The lowest BCUT2D eigenvalue weighted by Gasteiger charge is -2.50. The largest absolute Gasteiger partial charge is 0.282 e. The Hall–Kier alpha value is -0.300. The molecular formula is C14H25N. The van der Waals surface area contributed by atoms with Gasteiger partial charge in [-0.1, -0.05) is 32.9 Å². The van der Waals surface area contributed by atoms with Crippen LogP contribution < -0.4 is 0 Å². The molecule has 1 heteroatoms. The van der Waals surface area contributed by atoms with Gasteiger partial charge in [-0.25, -0.2) is 0 Å². The molecule has 1 saturated heterocycles. The van der Waals surface area contributed by atoms with Gasteiger partial charge in [-0.15, -0.1) is 0 Å². The summed E-state index contributed by atoms with van der Waals surface area (Å²) in [5.41, 5.74) is 0.913. The van der Waals surface area contributed by atoms with Crippen LogP contribution >= 0.6 is 0 Å². The summed E-state index contributed by atoms with van der Waals surface area (Å²) >= 11 is 0. The van der Waals surface area contributed by atoms with E-state index in [-0.39, 0.29) is 5.54 Å². The van der Waals surface area contributed by atoms with Crippen LogP contribution in [0.5, 0.6) is 0 Å². The van der Waals surface area contributed by atoms with Crippen LogP contribution in [0, 0.1) is 5.41 Å². The maximum atomic E-state index is 2.74. The van der Waals surface area contributed by atoms with Crippen molar-refractivity contribution in [3.8, 4) is 0 Å². The van der Waals surface area contributed by atoms with Gasteiger partial charge in [-0.2, -0.15) is 0 Å². The highest BCUT2D eigenvalue weighted by atomic mass is 15.3. The van der Waals surface area contributed by atoms with Crippen molar-refractivity contribution in [3.63, 3.8) is 0 Å². The summed E-state index contributed by atoms with van der Waals surface area (Å²) in [6.07, 6.45) is 7.58. The Balaban J connectivity index is 2.43. The lowest BCUT2D eigenvalue weighted by molar-refractivity contribution is -0.000357. The molecule has 2 atom stereocenters. The third kappa shape index (κ3) is 1.39. The normalized spacial score (nSPS) is 36.5. The molecule has 0 amide bonds. The van der Waals surface area contributed by atoms with E-state index in [1.165, 1.54) is 12.8 Å².